The number of nitrogens with zero attached hydrogens (tertiary/aromatic N) is 2. The van der Waals surface area contributed by atoms with E-state index in [2.05, 4.69) is 29.0 Å². The fraction of sp³-hybridized carbons (Fsp3) is 0.600. The number of aromatic nitrogens is 1. The minimum Gasteiger partial charge on any atom is -0.478 e. The fourth-order valence-corrected chi connectivity index (χ4v) is 2.70. The molecule has 0 aromatic carbocycles. The average Bonchev–Trinajstić information content (AvgIpc) is 2.84. The van der Waals surface area contributed by atoms with Crippen molar-refractivity contribution < 1.29 is 9.90 Å². The number of likely N-dealkylation sites (tertiary alicyclic amines) is 1. The number of aryl methyl sites for hydroxylation is 1. The summed E-state index contributed by atoms with van der Waals surface area (Å²) in [6.07, 6.45) is 2.80. The molecule has 0 amide bonds. The Kier molecular flexibility index (Phi) is 4.60. The first-order chi connectivity index (χ1) is 9.49. The van der Waals surface area contributed by atoms with Crippen LogP contribution in [-0.4, -0.2) is 46.6 Å². The second-order valence-corrected chi connectivity index (χ2v) is 5.78. The molecule has 0 aliphatic carbocycles. The maximum absolute atomic E-state index is 11.3. The molecule has 2 heterocycles. The van der Waals surface area contributed by atoms with E-state index >= 15 is 0 Å². The van der Waals surface area contributed by atoms with E-state index in [-0.39, 0.29) is 5.56 Å². The van der Waals surface area contributed by atoms with Crippen molar-refractivity contribution in [1.29, 1.82) is 0 Å². The summed E-state index contributed by atoms with van der Waals surface area (Å²) in [6.45, 7) is 9.18. The summed E-state index contributed by atoms with van der Waals surface area (Å²) in [6, 6.07) is 2.30. The molecule has 1 atom stereocenters. The highest BCUT2D eigenvalue weighted by molar-refractivity contribution is 5.94. The van der Waals surface area contributed by atoms with Crippen LogP contribution < -0.4 is 5.32 Å². The lowest BCUT2D eigenvalue weighted by atomic mass is 10.1. The van der Waals surface area contributed by atoms with Crippen molar-refractivity contribution in [1.82, 2.24) is 9.88 Å². The molecule has 1 saturated heterocycles. The number of rotatable bonds is 5. The highest BCUT2D eigenvalue weighted by Crippen LogP contribution is 2.21. The summed E-state index contributed by atoms with van der Waals surface area (Å²) in [5.74, 6) is 0.121. The molecule has 1 aromatic heterocycles. The standard InChI is InChI=1S/C15H23N3O2/c1-10(2)18-7-5-12(9-18)8-17-14-13(15(19)20)11(3)4-6-16-14/h4,6,10,12H,5,7-9H2,1-3H3,(H,16,17)(H,19,20). The van der Waals surface area contributed by atoms with Crippen LogP contribution in [0.4, 0.5) is 5.82 Å². The van der Waals surface area contributed by atoms with Gasteiger partial charge in [0.1, 0.15) is 11.4 Å². The molecule has 0 radical (unpaired) electrons. The van der Waals surface area contributed by atoms with Crippen molar-refractivity contribution in [3.05, 3.63) is 23.4 Å². The van der Waals surface area contributed by atoms with Crippen molar-refractivity contribution in [2.75, 3.05) is 25.0 Å². The zero-order chi connectivity index (χ0) is 14.7. The average molecular weight is 277 g/mol. The Morgan fingerprint density at radius 2 is 2.35 bits per heavy atom. The highest BCUT2D eigenvalue weighted by atomic mass is 16.4. The molecule has 5 nitrogen and oxygen atoms in total. The molecule has 2 N–H and O–H groups in total. The number of pyridine rings is 1. The van der Waals surface area contributed by atoms with Crippen molar-refractivity contribution in [2.24, 2.45) is 5.92 Å². The maximum Gasteiger partial charge on any atom is 0.339 e. The molecular weight excluding hydrogens is 254 g/mol. The van der Waals surface area contributed by atoms with Gasteiger partial charge in [0.2, 0.25) is 0 Å². The Hall–Kier alpha value is -1.62. The van der Waals surface area contributed by atoms with Crippen LogP contribution in [0.2, 0.25) is 0 Å². The molecule has 1 aliphatic heterocycles. The van der Waals surface area contributed by atoms with Crippen LogP contribution in [0.1, 0.15) is 36.2 Å². The topological polar surface area (TPSA) is 65.5 Å². The van der Waals surface area contributed by atoms with Gasteiger partial charge < -0.3 is 15.3 Å². The summed E-state index contributed by atoms with van der Waals surface area (Å²) in [7, 11) is 0. The van der Waals surface area contributed by atoms with Crippen molar-refractivity contribution in [3.8, 4) is 0 Å². The fourth-order valence-electron chi connectivity index (χ4n) is 2.70. The van der Waals surface area contributed by atoms with Crippen LogP contribution in [0.3, 0.4) is 0 Å². The quantitative estimate of drug-likeness (QED) is 0.864. The number of hydrogen-bond acceptors (Lipinski definition) is 4. The van der Waals surface area contributed by atoms with Crippen LogP contribution >= 0.6 is 0 Å². The summed E-state index contributed by atoms with van der Waals surface area (Å²) in [5.41, 5.74) is 1.02. The van der Waals surface area contributed by atoms with Crippen molar-refractivity contribution in [2.45, 2.75) is 33.2 Å². The predicted octanol–water partition coefficient (Wildman–Crippen LogP) is 2.23. The highest BCUT2D eigenvalue weighted by Gasteiger charge is 2.24. The van der Waals surface area contributed by atoms with Gasteiger partial charge in [0.05, 0.1) is 0 Å². The first-order valence-electron chi connectivity index (χ1n) is 7.16. The Morgan fingerprint density at radius 3 is 2.95 bits per heavy atom. The van der Waals surface area contributed by atoms with E-state index in [1.807, 2.05) is 0 Å². The zero-order valence-corrected chi connectivity index (χ0v) is 12.4. The van der Waals surface area contributed by atoms with Crippen LogP contribution in [0.15, 0.2) is 12.3 Å². The van der Waals surface area contributed by atoms with E-state index in [0.29, 0.717) is 17.8 Å². The van der Waals surface area contributed by atoms with Crippen molar-refractivity contribution in [3.63, 3.8) is 0 Å². The van der Waals surface area contributed by atoms with Gasteiger partial charge in [-0.3, -0.25) is 0 Å². The number of carboxylic acid groups (broad SMARTS) is 1. The van der Waals surface area contributed by atoms with Gasteiger partial charge >= 0.3 is 5.97 Å². The normalized spacial score (nSPS) is 19.5. The van der Waals surface area contributed by atoms with Gasteiger partial charge in [-0.15, -0.1) is 0 Å². The predicted molar refractivity (Wildman–Crippen MR) is 79.2 cm³/mol. The van der Waals surface area contributed by atoms with Crippen LogP contribution in [0.25, 0.3) is 0 Å². The molecule has 0 spiro atoms. The number of hydrogen-bond donors (Lipinski definition) is 2. The Balaban J connectivity index is 1.98. The second kappa shape index (κ2) is 6.22. The Morgan fingerprint density at radius 1 is 1.60 bits per heavy atom. The summed E-state index contributed by atoms with van der Waals surface area (Å²) in [4.78, 5) is 17.9. The van der Waals surface area contributed by atoms with E-state index in [0.717, 1.165) is 31.6 Å². The summed E-state index contributed by atoms with van der Waals surface area (Å²) >= 11 is 0. The van der Waals surface area contributed by atoms with E-state index < -0.39 is 5.97 Å². The monoisotopic (exact) mass is 277 g/mol. The largest absolute Gasteiger partial charge is 0.478 e. The summed E-state index contributed by atoms with van der Waals surface area (Å²) < 4.78 is 0. The first kappa shape index (κ1) is 14.8. The third-order valence-corrected chi connectivity index (χ3v) is 3.98. The third-order valence-electron chi connectivity index (χ3n) is 3.98. The zero-order valence-electron chi connectivity index (χ0n) is 12.4. The molecule has 0 bridgehead atoms. The molecule has 1 aliphatic rings. The minimum absolute atomic E-state index is 0.284. The number of carbonyl (C=O) groups is 1. The van der Waals surface area contributed by atoms with E-state index in [9.17, 15) is 9.90 Å². The van der Waals surface area contributed by atoms with Gasteiger partial charge in [-0.05, 0) is 51.3 Å². The lowest BCUT2D eigenvalue weighted by Crippen LogP contribution is -2.29. The maximum atomic E-state index is 11.3. The third kappa shape index (κ3) is 3.28. The second-order valence-electron chi connectivity index (χ2n) is 5.78. The molecule has 110 valence electrons. The van der Waals surface area contributed by atoms with E-state index in [1.54, 1.807) is 19.2 Å². The van der Waals surface area contributed by atoms with Gasteiger partial charge in [-0.1, -0.05) is 0 Å². The molecular formula is C15H23N3O2. The number of carboxylic acids is 1. The SMILES string of the molecule is Cc1ccnc(NCC2CCN(C(C)C)C2)c1C(=O)O. The smallest absolute Gasteiger partial charge is 0.339 e. The van der Waals surface area contributed by atoms with Crippen LogP contribution in [-0.2, 0) is 0 Å². The Bertz CT molecular complexity index is 488. The lowest BCUT2D eigenvalue weighted by molar-refractivity contribution is 0.0697. The first-order valence-corrected chi connectivity index (χ1v) is 7.16. The lowest BCUT2D eigenvalue weighted by Gasteiger charge is -2.20. The van der Waals surface area contributed by atoms with Gasteiger partial charge in [-0.2, -0.15) is 0 Å². The number of aromatic carboxylic acids is 1. The number of anilines is 1. The van der Waals surface area contributed by atoms with Crippen LogP contribution in [0, 0.1) is 12.8 Å². The van der Waals surface area contributed by atoms with Gasteiger partial charge in [0.15, 0.2) is 0 Å². The van der Waals surface area contributed by atoms with Gasteiger partial charge in [-0.25, -0.2) is 9.78 Å². The molecule has 0 saturated carbocycles. The van der Waals surface area contributed by atoms with E-state index in [4.69, 9.17) is 0 Å². The molecule has 1 aromatic rings. The van der Waals surface area contributed by atoms with Crippen LogP contribution in [0.5, 0.6) is 0 Å². The molecule has 20 heavy (non-hydrogen) atoms. The van der Waals surface area contributed by atoms with Crippen molar-refractivity contribution >= 4 is 11.8 Å². The van der Waals surface area contributed by atoms with Gasteiger partial charge in [0, 0.05) is 25.3 Å². The minimum atomic E-state index is -0.923. The van der Waals surface area contributed by atoms with E-state index in [1.165, 1.54) is 0 Å². The molecule has 2 rings (SSSR count). The summed E-state index contributed by atoms with van der Waals surface area (Å²) in [5, 5.41) is 12.5. The van der Waals surface area contributed by atoms with Gasteiger partial charge in [0.25, 0.3) is 0 Å². The number of nitrogens with one attached hydrogen (secondary N) is 1. The molecule has 5 heteroatoms. The Labute approximate surface area is 120 Å². The molecule has 1 fully saturated rings. The molecule has 1 unspecified atom stereocenters.